The van der Waals surface area contributed by atoms with E-state index >= 15 is 0 Å². The van der Waals surface area contributed by atoms with Crippen molar-refractivity contribution in [2.24, 2.45) is 5.10 Å². The molecule has 0 unspecified atom stereocenters. The van der Waals surface area contributed by atoms with Crippen molar-refractivity contribution in [2.75, 3.05) is 7.11 Å². The number of nitro groups is 2. The average molecular weight is 573 g/mol. The Morgan fingerprint density at radius 3 is 2.38 bits per heavy atom. The lowest BCUT2D eigenvalue weighted by molar-refractivity contribution is -0.389. The number of nitrogens with one attached hydrogen (secondary N) is 1. The van der Waals surface area contributed by atoms with Gasteiger partial charge in [0.2, 0.25) is 0 Å². The van der Waals surface area contributed by atoms with Crippen molar-refractivity contribution in [3.63, 3.8) is 0 Å². The molecular formula is C28H24N6O8. The first kappa shape index (κ1) is 29.1. The topological polar surface area (TPSA) is 181 Å². The minimum absolute atomic E-state index is 0.0492. The van der Waals surface area contributed by atoms with Gasteiger partial charge in [0, 0.05) is 17.2 Å². The van der Waals surface area contributed by atoms with Gasteiger partial charge in [-0.05, 0) is 66.3 Å². The van der Waals surface area contributed by atoms with Crippen molar-refractivity contribution in [3.05, 3.63) is 120 Å². The second-order valence-electron chi connectivity index (χ2n) is 8.96. The van der Waals surface area contributed by atoms with Crippen molar-refractivity contribution in [1.29, 1.82) is 0 Å². The first-order valence-electron chi connectivity index (χ1n) is 12.3. The highest BCUT2D eigenvalue weighted by atomic mass is 16.6. The molecule has 0 atom stereocenters. The lowest BCUT2D eigenvalue weighted by Crippen LogP contribution is -2.17. The highest BCUT2D eigenvalue weighted by Crippen LogP contribution is 2.30. The Labute approximate surface area is 238 Å². The van der Waals surface area contributed by atoms with Gasteiger partial charge < -0.3 is 19.6 Å². The number of aryl methyl sites for hydroxylation is 1. The van der Waals surface area contributed by atoms with Crippen LogP contribution in [0.15, 0.2) is 71.8 Å². The number of nitrogens with zero attached hydrogens (tertiary/aromatic N) is 5. The van der Waals surface area contributed by atoms with Crippen LogP contribution in [-0.4, -0.2) is 44.8 Å². The van der Waals surface area contributed by atoms with Crippen molar-refractivity contribution < 1.29 is 28.9 Å². The zero-order valence-corrected chi connectivity index (χ0v) is 22.6. The summed E-state index contributed by atoms with van der Waals surface area (Å²) in [5, 5.41) is 30.0. The van der Waals surface area contributed by atoms with Crippen LogP contribution in [0.25, 0.3) is 0 Å². The normalized spacial score (nSPS) is 10.8. The van der Waals surface area contributed by atoms with Crippen LogP contribution in [0.5, 0.6) is 11.5 Å². The molecule has 0 saturated heterocycles. The summed E-state index contributed by atoms with van der Waals surface area (Å²) in [6.45, 7) is 3.49. The molecule has 3 aromatic carbocycles. The number of rotatable bonds is 10. The van der Waals surface area contributed by atoms with Crippen molar-refractivity contribution in [1.82, 2.24) is 15.2 Å². The highest BCUT2D eigenvalue weighted by molar-refractivity contribution is 5.95. The fourth-order valence-corrected chi connectivity index (χ4v) is 3.95. The van der Waals surface area contributed by atoms with Gasteiger partial charge in [-0.1, -0.05) is 18.2 Å². The summed E-state index contributed by atoms with van der Waals surface area (Å²) >= 11 is 0. The molecule has 1 heterocycles. The molecule has 0 radical (unpaired) electrons. The lowest BCUT2D eigenvalue weighted by Gasteiger charge is -2.11. The molecule has 0 aliphatic rings. The molecule has 0 spiro atoms. The number of carbonyl (C=O) groups excluding carboxylic acids is 2. The fourth-order valence-electron chi connectivity index (χ4n) is 3.95. The van der Waals surface area contributed by atoms with E-state index < -0.39 is 21.7 Å². The maximum absolute atomic E-state index is 12.7. The third kappa shape index (κ3) is 6.62. The molecule has 4 aromatic rings. The number of aromatic nitrogens is 2. The quantitative estimate of drug-likeness (QED) is 0.0949. The molecule has 0 aliphatic heterocycles. The molecule has 14 heteroatoms. The molecule has 1 aromatic heterocycles. The molecule has 1 N–H and O–H groups in total. The summed E-state index contributed by atoms with van der Waals surface area (Å²) in [6, 6.07) is 16.7. The monoisotopic (exact) mass is 572 g/mol. The van der Waals surface area contributed by atoms with Gasteiger partial charge in [-0.15, -0.1) is 0 Å². The first-order chi connectivity index (χ1) is 20.1. The van der Waals surface area contributed by atoms with E-state index in [0.29, 0.717) is 23.4 Å². The Bertz CT molecular complexity index is 1710. The van der Waals surface area contributed by atoms with Crippen molar-refractivity contribution in [3.8, 4) is 11.5 Å². The fraction of sp³-hybridized carbons (Fsp3) is 0.143. The predicted octanol–water partition coefficient (Wildman–Crippen LogP) is 4.36. The Kier molecular flexibility index (Phi) is 8.66. The summed E-state index contributed by atoms with van der Waals surface area (Å²) in [6.07, 6.45) is 1.37. The summed E-state index contributed by atoms with van der Waals surface area (Å²) < 4.78 is 12.2. The molecule has 0 saturated carbocycles. The molecule has 0 bridgehead atoms. The predicted molar refractivity (Wildman–Crippen MR) is 150 cm³/mol. The second kappa shape index (κ2) is 12.5. The van der Waals surface area contributed by atoms with Crippen LogP contribution in [0, 0.1) is 34.1 Å². The van der Waals surface area contributed by atoms with Gasteiger partial charge in [0.1, 0.15) is 0 Å². The number of benzene rings is 3. The minimum Gasteiger partial charge on any atom is -0.493 e. The SMILES string of the molecule is COc1cc(C=NNC(=O)c2ccc(Cn3nc([N+](=O)[O-])cc3C)cc2)ccc1OC(=O)c1cccc([N+](=O)[O-])c1C. The largest absolute Gasteiger partial charge is 0.493 e. The average Bonchev–Trinajstić information content (AvgIpc) is 3.34. The molecular weight excluding hydrogens is 548 g/mol. The van der Waals surface area contributed by atoms with Crippen LogP contribution < -0.4 is 14.9 Å². The number of methoxy groups -OCH3 is 1. The van der Waals surface area contributed by atoms with Gasteiger partial charge in [0.25, 0.3) is 11.6 Å². The number of amides is 1. The van der Waals surface area contributed by atoms with Gasteiger partial charge in [0.15, 0.2) is 11.5 Å². The first-order valence-corrected chi connectivity index (χ1v) is 12.3. The van der Waals surface area contributed by atoms with Crippen LogP contribution >= 0.6 is 0 Å². The Morgan fingerprint density at radius 1 is 1.00 bits per heavy atom. The number of esters is 1. The molecule has 42 heavy (non-hydrogen) atoms. The maximum atomic E-state index is 12.7. The van der Waals surface area contributed by atoms with Crippen molar-refractivity contribution >= 4 is 29.6 Å². The van der Waals surface area contributed by atoms with Gasteiger partial charge in [-0.25, -0.2) is 10.2 Å². The summed E-state index contributed by atoms with van der Waals surface area (Å²) in [7, 11) is 1.38. The van der Waals surface area contributed by atoms with E-state index in [1.54, 1.807) is 37.3 Å². The lowest BCUT2D eigenvalue weighted by atomic mass is 10.1. The summed E-state index contributed by atoms with van der Waals surface area (Å²) in [5.41, 5.74) is 4.76. The minimum atomic E-state index is -0.782. The zero-order valence-electron chi connectivity index (χ0n) is 22.6. The van der Waals surface area contributed by atoms with Crippen LogP contribution in [0.3, 0.4) is 0 Å². The summed E-state index contributed by atoms with van der Waals surface area (Å²) in [4.78, 5) is 46.2. The van der Waals surface area contributed by atoms with E-state index in [2.05, 4.69) is 15.6 Å². The number of carbonyl (C=O) groups is 2. The highest BCUT2D eigenvalue weighted by Gasteiger charge is 2.21. The number of nitro benzene ring substituents is 1. The molecule has 14 nitrogen and oxygen atoms in total. The van der Waals surface area contributed by atoms with Gasteiger partial charge in [-0.2, -0.15) is 9.78 Å². The number of hydrogen-bond acceptors (Lipinski definition) is 10. The third-order valence-corrected chi connectivity index (χ3v) is 6.20. The van der Waals surface area contributed by atoms with Crippen LogP contribution in [0.4, 0.5) is 11.5 Å². The van der Waals surface area contributed by atoms with E-state index in [9.17, 15) is 29.8 Å². The summed E-state index contributed by atoms with van der Waals surface area (Å²) in [5.74, 6) is -1.18. The van der Waals surface area contributed by atoms with Crippen LogP contribution in [-0.2, 0) is 6.54 Å². The standard InChI is InChI=1S/C28H24N6O8/c1-17-13-26(34(39)40)31-32(17)16-19-7-10-21(11-8-19)27(35)30-29-15-20-9-12-24(25(14-20)41-3)42-28(36)22-5-4-6-23(18(22)2)33(37)38/h4-15H,16H2,1-3H3,(H,30,35). The smallest absolute Gasteiger partial charge is 0.390 e. The van der Waals surface area contributed by atoms with E-state index in [4.69, 9.17) is 9.47 Å². The van der Waals surface area contributed by atoms with E-state index in [1.165, 1.54) is 61.3 Å². The molecule has 0 aliphatic carbocycles. The van der Waals surface area contributed by atoms with E-state index in [1.807, 2.05) is 0 Å². The van der Waals surface area contributed by atoms with Crippen molar-refractivity contribution in [2.45, 2.75) is 20.4 Å². The van der Waals surface area contributed by atoms with E-state index in [-0.39, 0.29) is 34.1 Å². The molecule has 214 valence electrons. The molecule has 4 rings (SSSR count). The van der Waals surface area contributed by atoms with Gasteiger partial charge in [-0.3, -0.25) is 14.9 Å². The second-order valence-corrected chi connectivity index (χ2v) is 8.96. The number of ether oxygens (including phenoxy) is 2. The van der Waals surface area contributed by atoms with Crippen LogP contribution in [0.2, 0.25) is 0 Å². The van der Waals surface area contributed by atoms with Crippen LogP contribution in [0.1, 0.15) is 43.1 Å². The Morgan fingerprint density at radius 2 is 1.74 bits per heavy atom. The Balaban J connectivity index is 1.38. The van der Waals surface area contributed by atoms with E-state index in [0.717, 1.165) is 5.56 Å². The number of hydrogen-bond donors (Lipinski definition) is 1. The third-order valence-electron chi connectivity index (χ3n) is 6.20. The van der Waals surface area contributed by atoms with Gasteiger partial charge in [0.05, 0.1) is 47.2 Å². The Hall–Kier alpha value is -5.92. The number of hydrazone groups is 1. The molecule has 1 amide bonds. The van der Waals surface area contributed by atoms with Gasteiger partial charge >= 0.3 is 11.8 Å². The maximum Gasteiger partial charge on any atom is 0.390 e. The molecule has 0 fully saturated rings. The zero-order chi connectivity index (χ0) is 30.4.